The van der Waals surface area contributed by atoms with Gasteiger partial charge in [0, 0.05) is 19.2 Å². The van der Waals surface area contributed by atoms with E-state index in [4.69, 9.17) is 0 Å². The summed E-state index contributed by atoms with van der Waals surface area (Å²) in [5.74, 6) is -0.377. The van der Waals surface area contributed by atoms with Crippen LogP contribution in [0.4, 0.5) is 8.78 Å². The topological polar surface area (TPSA) is 36.4 Å². The van der Waals surface area contributed by atoms with Gasteiger partial charge in [-0.3, -0.25) is 0 Å². The van der Waals surface area contributed by atoms with Crippen LogP contribution in [0.2, 0.25) is 0 Å². The third kappa shape index (κ3) is 6.82. The van der Waals surface area contributed by atoms with Crippen LogP contribution >= 0.6 is 35.3 Å². The van der Waals surface area contributed by atoms with Gasteiger partial charge < -0.3 is 10.6 Å². The van der Waals surface area contributed by atoms with Crippen LogP contribution in [-0.2, 0) is 13.0 Å². The van der Waals surface area contributed by atoms with Crippen molar-refractivity contribution >= 4 is 41.3 Å². The molecule has 0 fully saturated rings. The van der Waals surface area contributed by atoms with Crippen LogP contribution in [0.5, 0.6) is 0 Å². The molecule has 0 bridgehead atoms. The second kappa shape index (κ2) is 10.5. The standard InChI is InChI=1S/C16H19F2N3S.HI/c1-2-19-16(21-10-12-6-8-22-11-12)20-7-5-13-3-4-14(17)9-15(13)18;/h3-4,6,8-9,11H,2,5,7,10H2,1H3,(H2,19,20,21);1H. The highest BCUT2D eigenvalue weighted by molar-refractivity contribution is 14.0. The van der Waals surface area contributed by atoms with Crippen LogP contribution < -0.4 is 10.6 Å². The van der Waals surface area contributed by atoms with Gasteiger partial charge in [-0.15, -0.1) is 24.0 Å². The van der Waals surface area contributed by atoms with Gasteiger partial charge in [-0.05, 0) is 47.4 Å². The Balaban J connectivity index is 0.00000264. The summed E-state index contributed by atoms with van der Waals surface area (Å²) in [5, 5.41) is 10.4. The fraction of sp³-hybridized carbons (Fsp3) is 0.312. The third-order valence-corrected chi connectivity index (χ3v) is 3.78. The molecule has 1 heterocycles. The largest absolute Gasteiger partial charge is 0.357 e. The molecule has 2 N–H and O–H groups in total. The molecule has 3 nitrogen and oxygen atoms in total. The van der Waals surface area contributed by atoms with E-state index in [1.54, 1.807) is 11.3 Å². The lowest BCUT2D eigenvalue weighted by molar-refractivity contribution is 0.570. The molecule has 0 saturated carbocycles. The normalized spacial score (nSPS) is 11.0. The Morgan fingerprint density at radius 2 is 2.04 bits per heavy atom. The number of nitrogens with zero attached hydrogens (tertiary/aromatic N) is 1. The zero-order chi connectivity index (χ0) is 15.8. The first kappa shape index (κ1) is 19.8. The third-order valence-electron chi connectivity index (χ3n) is 3.05. The lowest BCUT2D eigenvalue weighted by Crippen LogP contribution is -2.38. The summed E-state index contributed by atoms with van der Waals surface area (Å²) in [6.45, 7) is 3.86. The number of rotatable bonds is 6. The van der Waals surface area contributed by atoms with Gasteiger partial charge in [-0.25, -0.2) is 13.8 Å². The minimum atomic E-state index is -0.556. The van der Waals surface area contributed by atoms with E-state index in [-0.39, 0.29) is 24.0 Å². The summed E-state index contributed by atoms with van der Waals surface area (Å²) in [6, 6.07) is 5.69. The summed E-state index contributed by atoms with van der Waals surface area (Å²) in [4.78, 5) is 4.47. The molecular formula is C16H20F2IN3S. The SMILES string of the molecule is CCNC(=NCc1ccsc1)NCCc1ccc(F)cc1F.I. The summed E-state index contributed by atoms with van der Waals surface area (Å²) in [6.07, 6.45) is 0.467. The van der Waals surface area contributed by atoms with Crippen molar-refractivity contribution in [3.63, 3.8) is 0 Å². The zero-order valence-corrected chi connectivity index (χ0v) is 16.0. The molecule has 1 aromatic carbocycles. The Bertz CT molecular complexity index is 618. The number of nitrogens with one attached hydrogen (secondary N) is 2. The summed E-state index contributed by atoms with van der Waals surface area (Å²) < 4.78 is 26.4. The first-order valence-electron chi connectivity index (χ1n) is 7.16. The maximum Gasteiger partial charge on any atom is 0.191 e. The summed E-state index contributed by atoms with van der Waals surface area (Å²) in [7, 11) is 0. The number of benzene rings is 1. The first-order chi connectivity index (χ1) is 10.7. The van der Waals surface area contributed by atoms with Crippen molar-refractivity contribution in [3.05, 3.63) is 57.8 Å². The molecule has 0 radical (unpaired) electrons. The van der Waals surface area contributed by atoms with Gasteiger partial charge in [0.15, 0.2) is 5.96 Å². The number of hydrogen-bond donors (Lipinski definition) is 2. The molecular weight excluding hydrogens is 431 g/mol. The van der Waals surface area contributed by atoms with Crippen LogP contribution in [-0.4, -0.2) is 19.0 Å². The predicted molar refractivity (Wildman–Crippen MR) is 103 cm³/mol. The van der Waals surface area contributed by atoms with E-state index in [0.717, 1.165) is 18.2 Å². The van der Waals surface area contributed by atoms with Gasteiger partial charge in [-0.2, -0.15) is 11.3 Å². The van der Waals surface area contributed by atoms with E-state index in [9.17, 15) is 8.78 Å². The molecule has 7 heteroatoms. The highest BCUT2D eigenvalue weighted by Crippen LogP contribution is 2.09. The van der Waals surface area contributed by atoms with Crippen molar-refractivity contribution < 1.29 is 8.78 Å². The van der Waals surface area contributed by atoms with Crippen LogP contribution in [0.3, 0.4) is 0 Å². The van der Waals surface area contributed by atoms with Gasteiger partial charge in [0.2, 0.25) is 0 Å². The molecule has 0 aliphatic rings. The molecule has 2 rings (SSSR count). The molecule has 0 spiro atoms. The average molecular weight is 451 g/mol. The number of halogens is 3. The maximum atomic E-state index is 13.5. The van der Waals surface area contributed by atoms with Gasteiger partial charge in [0.1, 0.15) is 11.6 Å². The number of aliphatic imine (C=N–C) groups is 1. The fourth-order valence-corrected chi connectivity index (χ4v) is 2.59. The van der Waals surface area contributed by atoms with E-state index in [1.807, 2.05) is 18.4 Å². The summed E-state index contributed by atoms with van der Waals surface area (Å²) >= 11 is 1.64. The Labute approximate surface area is 156 Å². The van der Waals surface area contributed by atoms with E-state index in [2.05, 4.69) is 21.0 Å². The number of thiophene rings is 1. The quantitative estimate of drug-likeness (QED) is 0.397. The van der Waals surface area contributed by atoms with Crippen molar-refractivity contribution in [2.24, 2.45) is 4.99 Å². The Morgan fingerprint density at radius 1 is 1.22 bits per heavy atom. The molecule has 23 heavy (non-hydrogen) atoms. The zero-order valence-electron chi connectivity index (χ0n) is 12.8. The van der Waals surface area contributed by atoms with Crippen LogP contribution in [0, 0.1) is 11.6 Å². The Morgan fingerprint density at radius 3 is 2.70 bits per heavy atom. The van der Waals surface area contributed by atoms with Crippen LogP contribution in [0.15, 0.2) is 40.0 Å². The molecule has 0 unspecified atom stereocenters. The average Bonchev–Trinajstić information content (AvgIpc) is 3.00. The van der Waals surface area contributed by atoms with Gasteiger partial charge in [-0.1, -0.05) is 6.07 Å². The van der Waals surface area contributed by atoms with Crippen molar-refractivity contribution in [1.82, 2.24) is 10.6 Å². The first-order valence-corrected chi connectivity index (χ1v) is 8.10. The minimum Gasteiger partial charge on any atom is -0.357 e. The molecule has 0 aliphatic heterocycles. The predicted octanol–water partition coefficient (Wildman–Crippen LogP) is 3.94. The van der Waals surface area contributed by atoms with Gasteiger partial charge in [0.25, 0.3) is 0 Å². The fourth-order valence-electron chi connectivity index (χ4n) is 1.93. The maximum absolute atomic E-state index is 13.5. The molecule has 2 aromatic rings. The van der Waals surface area contributed by atoms with Crippen LogP contribution in [0.25, 0.3) is 0 Å². The molecule has 126 valence electrons. The number of guanidine groups is 1. The monoisotopic (exact) mass is 451 g/mol. The smallest absolute Gasteiger partial charge is 0.191 e. The highest BCUT2D eigenvalue weighted by Gasteiger charge is 2.04. The molecule has 0 saturated heterocycles. The van der Waals surface area contributed by atoms with Crippen molar-refractivity contribution in [2.45, 2.75) is 19.9 Å². The van der Waals surface area contributed by atoms with Crippen LogP contribution in [0.1, 0.15) is 18.1 Å². The second-order valence-electron chi connectivity index (χ2n) is 4.74. The van der Waals surface area contributed by atoms with E-state index in [1.165, 1.54) is 12.1 Å². The number of hydrogen-bond acceptors (Lipinski definition) is 2. The molecule has 0 atom stereocenters. The molecule has 1 aromatic heterocycles. The Hall–Kier alpha value is -1.22. The highest BCUT2D eigenvalue weighted by atomic mass is 127. The van der Waals surface area contributed by atoms with E-state index in [0.29, 0.717) is 31.0 Å². The second-order valence-corrected chi connectivity index (χ2v) is 5.52. The van der Waals surface area contributed by atoms with Gasteiger partial charge >= 0.3 is 0 Å². The van der Waals surface area contributed by atoms with Gasteiger partial charge in [0.05, 0.1) is 6.54 Å². The Kier molecular flexibility index (Phi) is 9.08. The van der Waals surface area contributed by atoms with E-state index >= 15 is 0 Å². The van der Waals surface area contributed by atoms with E-state index < -0.39 is 11.6 Å². The molecule has 0 aliphatic carbocycles. The van der Waals surface area contributed by atoms with Crippen molar-refractivity contribution in [2.75, 3.05) is 13.1 Å². The lowest BCUT2D eigenvalue weighted by Gasteiger charge is -2.11. The summed E-state index contributed by atoms with van der Waals surface area (Å²) in [5.41, 5.74) is 1.65. The minimum absolute atomic E-state index is 0. The van der Waals surface area contributed by atoms with Crippen molar-refractivity contribution in [1.29, 1.82) is 0 Å². The molecule has 0 amide bonds. The van der Waals surface area contributed by atoms with Crippen molar-refractivity contribution in [3.8, 4) is 0 Å². The lowest BCUT2D eigenvalue weighted by atomic mass is 10.1.